The number of hydrogen-bond acceptors (Lipinski definition) is 6. The highest BCUT2D eigenvalue weighted by Gasteiger charge is 2.39. The fourth-order valence-electron chi connectivity index (χ4n) is 4.60. The standard InChI is InChI=1S/C26H37FN2O4S/c1-4-5-8-19-10-18(13-22(27)24(19)28)11-20-15-34(32,33)16-23(25(20)30)29-14-17-7-6-9-21(12-17)26(2,3)31/h6-7,9-10,12-13,20,23,25,29-31H,4-5,8,11,14-16,28H2,1-3H3/t20-,23+,25+/m1/s1. The molecule has 34 heavy (non-hydrogen) atoms. The smallest absolute Gasteiger partial charge is 0.152 e. The summed E-state index contributed by atoms with van der Waals surface area (Å²) in [5, 5.41) is 24.5. The van der Waals surface area contributed by atoms with Crippen molar-refractivity contribution in [2.75, 3.05) is 17.2 Å². The molecule has 1 fully saturated rings. The number of unbranched alkanes of at least 4 members (excludes halogenated alkanes) is 1. The van der Waals surface area contributed by atoms with E-state index in [9.17, 15) is 23.0 Å². The van der Waals surface area contributed by atoms with Gasteiger partial charge in [-0.25, -0.2) is 12.8 Å². The Morgan fingerprint density at radius 1 is 1.18 bits per heavy atom. The lowest BCUT2D eigenvalue weighted by atomic mass is 9.89. The average Bonchev–Trinajstić information content (AvgIpc) is 2.75. The van der Waals surface area contributed by atoms with Gasteiger partial charge in [0.15, 0.2) is 9.84 Å². The molecule has 0 bridgehead atoms. The van der Waals surface area contributed by atoms with Crippen molar-refractivity contribution in [2.24, 2.45) is 5.92 Å². The van der Waals surface area contributed by atoms with Gasteiger partial charge in [-0.05, 0) is 61.4 Å². The third kappa shape index (κ3) is 6.78. The number of aryl methyl sites for hydroxylation is 1. The Morgan fingerprint density at radius 3 is 2.59 bits per heavy atom. The van der Waals surface area contributed by atoms with Crippen LogP contribution in [-0.4, -0.2) is 42.3 Å². The quantitative estimate of drug-likeness (QED) is 0.400. The minimum Gasteiger partial charge on any atom is -0.396 e. The van der Waals surface area contributed by atoms with Crippen LogP contribution >= 0.6 is 0 Å². The number of nitrogens with two attached hydrogens (primary N) is 1. The van der Waals surface area contributed by atoms with Gasteiger partial charge in [0.25, 0.3) is 0 Å². The van der Waals surface area contributed by atoms with Gasteiger partial charge in [-0.15, -0.1) is 0 Å². The van der Waals surface area contributed by atoms with Crippen molar-refractivity contribution in [3.8, 4) is 0 Å². The summed E-state index contributed by atoms with van der Waals surface area (Å²) in [6.07, 6.45) is 1.85. The van der Waals surface area contributed by atoms with Crippen LogP contribution in [0.2, 0.25) is 0 Å². The van der Waals surface area contributed by atoms with Crippen molar-refractivity contribution in [1.82, 2.24) is 5.32 Å². The second-order valence-electron chi connectivity index (χ2n) is 10.0. The van der Waals surface area contributed by atoms with E-state index in [1.807, 2.05) is 37.3 Å². The van der Waals surface area contributed by atoms with Crippen LogP contribution in [0.15, 0.2) is 36.4 Å². The first-order valence-electron chi connectivity index (χ1n) is 11.9. The molecule has 1 heterocycles. The largest absolute Gasteiger partial charge is 0.396 e. The van der Waals surface area contributed by atoms with Gasteiger partial charge in [0.1, 0.15) is 5.82 Å². The molecule has 2 aromatic rings. The number of rotatable bonds is 9. The zero-order valence-electron chi connectivity index (χ0n) is 20.2. The fourth-order valence-corrected chi connectivity index (χ4v) is 6.56. The predicted octanol–water partition coefficient (Wildman–Crippen LogP) is 3.08. The first-order valence-corrected chi connectivity index (χ1v) is 13.7. The molecule has 0 unspecified atom stereocenters. The lowest BCUT2D eigenvalue weighted by molar-refractivity contribution is 0.0769. The molecule has 8 heteroatoms. The SMILES string of the molecule is CCCCc1cc(C[C@@H]2CS(=O)(=O)C[C@H](NCc3cccc(C(C)(C)O)c3)[C@H]2O)cc(F)c1N. The molecule has 1 aliphatic rings. The van der Waals surface area contributed by atoms with Gasteiger partial charge in [0.05, 0.1) is 28.9 Å². The molecule has 0 aliphatic carbocycles. The minimum atomic E-state index is -3.39. The molecule has 0 aromatic heterocycles. The molecule has 2 aromatic carbocycles. The Kier molecular flexibility index (Phi) is 8.39. The van der Waals surface area contributed by atoms with Crippen LogP contribution in [0.4, 0.5) is 10.1 Å². The number of benzene rings is 2. The maximum Gasteiger partial charge on any atom is 0.152 e. The van der Waals surface area contributed by atoms with E-state index in [0.29, 0.717) is 18.5 Å². The summed E-state index contributed by atoms with van der Waals surface area (Å²) >= 11 is 0. The summed E-state index contributed by atoms with van der Waals surface area (Å²) in [5.74, 6) is -1.36. The summed E-state index contributed by atoms with van der Waals surface area (Å²) in [7, 11) is -3.39. The number of aliphatic hydroxyl groups is 2. The first-order chi connectivity index (χ1) is 15.9. The van der Waals surface area contributed by atoms with E-state index in [1.165, 1.54) is 6.07 Å². The van der Waals surface area contributed by atoms with E-state index in [-0.39, 0.29) is 23.6 Å². The molecule has 6 nitrogen and oxygen atoms in total. The van der Waals surface area contributed by atoms with Crippen LogP contribution < -0.4 is 11.1 Å². The Balaban J connectivity index is 1.75. The maximum atomic E-state index is 14.4. The van der Waals surface area contributed by atoms with Crippen molar-refractivity contribution in [3.63, 3.8) is 0 Å². The van der Waals surface area contributed by atoms with Gasteiger partial charge in [-0.1, -0.05) is 43.7 Å². The van der Waals surface area contributed by atoms with E-state index < -0.39 is 39.3 Å². The Bertz CT molecular complexity index is 1100. The van der Waals surface area contributed by atoms with Crippen molar-refractivity contribution < 1.29 is 23.0 Å². The van der Waals surface area contributed by atoms with E-state index in [1.54, 1.807) is 13.8 Å². The van der Waals surface area contributed by atoms with E-state index >= 15 is 0 Å². The number of nitrogen functional groups attached to an aromatic ring is 1. The highest BCUT2D eigenvalue weighted by Crippen LogP contribution is 2.28. The number of hydrogen-bond donors (Lipinski definition) is 4. The lowest BCUT2D eigenvalue weighted by Crippen LogP contribution is -2.54. The van der Waals surface area contributed by atoms with E-state index in [4.69, 9.17) is 5.73 Å². The van der Waals surface area contributed by atoms with Gasteiger partial charge < -0.3 is 21.3 Å². The second kappa shape index (κ2) is 10.7. The van der Waals surface area contributed by atoms with Crippen molar-refractivity contribution >= 4 is 15.5 Å². The monoisotopic (exact) mass is 492 g/mol. The molecule has 3 rings (SSSR count). The molecule has 1 saturated heterocycles. The number of nitrogens with one attached hydrogen (secondary N) is 1. The number of aliphatic hydroxyl groups excluding tert-OH is 1. The fraction of sp³-hybridized carbons (Fsp3) is 0.538. The van der Waals surface area contributed by atoms with Crippen LogP contribution in [0.25, 0.3) is 0 Å². The van der Waals surface area contributed by atoms with Crippen LogP contribution in [-0.2, 0) is 34.8 Å². The van der Waals surface area contributed by atoms with Gasteiger partial charge in [0, 0.05) is 18.5 Å². The van der Waals surface area contributed by atoms with Gasteiger partial charge >= 0.3 is 0 Å². The van der Waals surface area contributed by atoms with Crippen molar-refractivity contribution in [2.45, 2.75) is 70.7 Å². The van der Waals surface area contributed by atoms with E-state index in [2.05, 4.69) is 5.32 Å². The maximum absolute atomic E-state index is 14.4. The molecular weight excluding hydrogens is 455 g/mol. The zero-order chi connectivity index (χ0) is 25.1. The van der Waals surface area contributed by atoms with Crippen molar-refractivity contribution in [3.05, 3.63) is 64.5 Å². The summed E-state index contributed by atoms with van der Waals surface area (Å²) in [6.45, 7) is 5.81. The minimum absolute atomic E-state index is 0.141. The van der Waals surface area contributed by atoms with Crippen LogP contribution in [0.3, 0.4) is 0 Å². The number of halogens is 1. The highest BCUT2D eigenvalue weighted by molar-refractivity contribution is 7.91. The molecule has 0 amide bonds. The number of sulfone groups is 1. The summed E-state index contributed by atoms with van der Waals surface area (Å²) in [6, 6.07) is 9.97. The molecule has 0 spiro atoms. The first kappa shape index (κ1) is 26.6. The third-order valence-electron chi connectivity index (χ3n) is 6.57. The topological polar surface area (TPSA) is 113 Å². The Labute approximate surface area is 202 Å². The molecule has 5 N–H and O–H groups in total. The van der Waals surface area contributed by atoms with Gasteiger partial charge in [-0.2, -0.15) is 0 Å². The van der Waals surface area contributed by atoms with Crippen molar-refractivity contribution in [1.29, 1.82) is 0 Å². The van der Waals surface area contributed by atoms with E-state index in [0.717, 1.165) is 29.5 Å². The Hall–Kier alpha value is -2.00. The number of anilines is 1. The van der Waals surface area contributed by atoms with Crippen LogP contribution in [0.5, 0.6) is 0 Å². The van der Waals surface area contributed by atoms with Crippen LogP contribution in [0, 0.1) is 11.7 Å². The van der Waals surface area contributed by atoms with Crippen LogP contribution in [0.1, 0.15) is 55.9 Å². The second-order valence-corrected chi connectivity index (χ2v) is 12.2. The Morgan fingerprint density at radius 2 is 1.91 bits per heavy atom. The third-order valence-corrected chi connectivity index (χ3v) is 8.37. The predicted molar refractivity (Wildman–Crippen MR) is 134 cm³/mol. The normalized spacial score (nSPS) is 22.6. The summed E-state index contributed by atoms with van der Waals surface area (Å²) in [4.78, 5) is 0. The summed E-state index contributed by atoms with van der Waals surface area (Å²) < 4.78 is 39.7. The van der Waals surface area contributed by atoms with Gasteiger partial charge in [-0.3, -0.25) is 0 Å². The molecular formula is C26H37FN2O4S. The summed E-state index contributed by atoms with van der Waals surface area (Å²) in [5.41, 5.74) is 8.07. The molecule has 1 aliphatic heterocycles. The highest BCUT2D eigenvalue weighted by atomic mass is 32.2. The lowest BCUT2D eigenvalue weighted by Gasteiger charge is -2.35. The molecule has 0 radical (unpaired) electrons. The molecule has 0 saturated carbocycles. The zero-order valence-corrected chi connectivity index (χ0v) is 21.0. The molecule has 3 atom stereocenters. The molecule has 188 valence electrons. The van der Waals surface area contributed by atoms with Gasteiger partial charge in [0.2, 0.25) is 0 Å². The average molecular weight is 493 g/mol.